The van der Waals surface area contributed by atoms with Crippen LogP contribution in [0.15, 0.2) is 51.7 Å². The smallest absolute Gasteiger partial charge is 0.0320 e. The van der Waals surface area contributed by atoms with Gasteiger partial charge >= 0.3 is 0 Å². The van der Waals surface area contributed by atoms with Crippen LogP contribution in [0.1, 0.15) is 11.1 Å². The van der Waals surface area contributed by atoms with Crippen molar-refractivity contribution >= 4 is 31.9 Å². The molecule has 0 amide bonds. The van der Waals surface area contributed by atoms with E-state index in [1.54, 1.807) is 6.20 Å². The average Bonchev–Trinajstić information content (AvgIpc) is 2.40. The summed E-state index contributed by atoms with van der Waals surface area (Å²) in [5.41, 5.74) is 2.54. The van der Waals surface area contributed by atoms with Gasteiger partial charge in [0.05, 0.1) is 0 Å². The Bertz CT molecular complexity index is 500. The molecule has 1 heterocycles. The number of halogens is 2. The van der Waals surface area contributed by atoms with Gasteiger partial charge < -0.3 is 5.32 Å². The summed E-state index contributed by atoms with van der Waals surface area (Å²) in [5, 5.41) is 3.43. The van der Waals surface area contributed by atoms with Gasteiger partial charge in [-0.1, -0.05) is 12.1 Å². The molecule has 1 aromatic heterocycles. The third-order valence-electron chi connectivity index (χ3n) is 2.63. The highest BCUT2D eigenvalue weighted by Gasteiger charge is 1.98. The standard InChI is InChI=1S/C14H14Br2N2/c15-13-4-3-12(8-14(13)16)10-18-7-5-11-2-1-6-17-9-11/h1-4,6,8-9,18H,5,7,10H2. The SMILES string of the molecule is Brc1ccc(CNCCc2cccnc2)cc1Br. The number of benzene rings is 1. The van der Waals surface area contributed by atoms with Crippen LogP contribution < -0.4 is 5.32 Å². The second-order valence-corrected chi connectivity index (χ2v) is 5.75. The minimum Gasteiger partial charge on any atom is -0.312 e. The molecule has 2 rings (SSSR count). The Kier molecular flexibility index (Phi) is 5.35. The van der Waals surface area contributed by atoms with Crippen LogP contribution in [0.25, 0.3) is 0 Å². The van der Waals surface area contributed by atoms with Crippen molar-refractivity contribution in [3.05, 3.63) is 62.8 Å². The first-order valence-electron chi connectivity index (χ1n) is 5.79. The van der Waals surface area contributed by atoms with Gasteiger partial charge in [-0.2, -0.15) is 0 Å². The first kappa shape index (κ1) is 13.7. The molecule has 0 saturated carbocycles. The molecule has 2 aromatic rings. The normalized spacial score (nSPS) is 10.6. The lowest BCUT2D eigenvalue weighted by atomic mass is 10.2. The molecule has 1 N–H and O–H groups in total. The van der Waals surface area contributed by atoms with E-state index in [1.807, 2.05) is 12.3 Å². The number of hydrogen-bond acceptors (Lipinski definition) is 2. The molecule has 0 spiro atoms. The van der Waals surface area contributed by atoms with Gasteiger partial charge in [0.15, 0.2) is 0 Å². The number of nitrogens with one attached hydrogen (secondary N) is 1. The number of nitrogens with zero attached hydrogens (tertiary/aromatic N) is 1. The van der Waals surface area contributed by atoms with Crippen molar-refractivity contribution in [1.29, 1.82) is 0 Å². The van der Waals surface area contributed by atoms with Crippen molar-refractivity contribution in [2.45, 2.75) is 13.0 Å². The minimum absolute atomic E-state index is 0.881. The Balaban J connectivity index is 1.77. The molecule has 94 valence electrons. The highest BCUT2D eigenvalue weighted by Crippen LogP contribution is 2.23. The summed E-state index contributed by atoms with van der Waals surface area (Å²) in [6, 6.07) is 10.4. The molecular weight excluding hydrogens is 356 g/mol. The highest BCUT2D eigenvalue weighted by atomic mass is 79.9. The number of hydrogen-bond donors (Lipinski definition) is 1. The van der Waals surface area contributed by atoms with Crippen molar-refractivity contribution in [3.63, 3.8) is 0 Å². The predicted molar refractivity (Wildman–Crippen MR) is 81.5 cm³/mol. The van der Waals surface area contributed by atoms with Crippen molar-refractivity contribution in [1.82, 2.24) is 10.3 Å². The fraction of sp³-hybridized carbons (Fsp3) is 0.214. The van der Waals surface area contributed by atoms with E-state index in [0.717, 1.165) is 28.5 Å². The Morgan fingerprint density at radius 3 is 2.67 bits per heavy atom. The molecule has 0 aliphatic heterocycles. The van der Waals surface area contributed by atoms with E-state index >= 15 is 0 Å². The van der Waals surface area contributed by atoms with E-state index in [2.05, 4.69) is 66.4 Å². The number of rotatable bonds is 5. The Labute approximate surface area is 124 Å². The number of pyridine rings is 1. The number of aromatic nitrogens is 1. The largest absolute Gasteiger partial charge is 0.312 e. The van der Waals surface area contributed by atoms with E-state index in [-0.39, 0.29) is 0 Å². The monoisotopic (exact) mass is 368 g/mol. The van der Waals surface area contributed by atoms with Gasteiger partial charge in [-0.05, 0) is 74.2 Å². The molecule has 4 heteroatoms. The minimum atomic E-state index is 0.881. The van der Waals surface area contributed by atoms with Gasteiger partial charge in [0.25, 0.3) is 0 Å². The zero-order valence-corrected chi connectivity index (χ0v) is 13.0. The van der Waals surface area contributed by atoms with Crippen LogP contribution in [0.3, 0.4) is 0 Å². The van der Waals surface area contributed by atoms with E-state index in [0.29, 0.717) is 0 Å². The summed E-state index contributed by atoms with van der Waals surface area (Å²) in [6.45, 7) is 1.84. The summed E-state index contributed by atoms with van der Waals surface area (Å²) < 4.78 is 2.18. The Morgan fingerprint density at radius 2 is 1.94 bits per heavy atom. The molecule has 0 unspecified atom stereocenters. The van der Waals surface area contributed by atoms with E-state index in [4.69, 9.17) is 0 Å². The molecular formula is C14H14Br2N2. The fourth-order valence-corrected chi connectivity index (χ4v) is 2.33. The van der Waals surface area contributed by atoms with Gasteiger partial charge in [0, 0.05) is 27.9 Å². The van der Waals surface area contributed by atoms with Crippen molar-refractivity contribution in [2.75, 3.05) is 6.54 Å². The van der Waals surface area contributed by atoms with Gasteiger partial charge in [-0.3, -0.25) is 4.98 Å². The van der Waals surface area contributed by atoms with E-state index in [1.165, 1.54) is 11.1 Å². The first-order valence-corrected chi connectivity index (χ1v) is 7.38. The molecule has 0 radical (unpaired) electrons. The second kappa shape index (κ2) is 7.02. The van der Waals surface area contributed by atoms with Gasteiger partial charge in [0.1, 0.15) is 0 Å². The van der Waals surface area contributed by atoms with Gasteiger partial charge in [-0.25, -0.2) is 0 Å². The van der Waals surface area contributed by atoms with Crippen LogP contribution in [-0.2, 0) is 13.0 Å². The highest BCUT2D eigenvalue weighted by molar-refractivity contribution is 9.13. The summed E-state index contributed by atoms with van der Waals surface area (Å²) >= 11 is 6.98. The zero-order valence-electron chi connectivity index (χ0n) is 9.87. The van der Waals surface area contributed by atoms with Crippen LogP contribution in [0.5, 0.6) is 0 Å². The molecule has 1 aromatic carbocycles. The molecule has 18 heavy (non-hydrogen) atoms. The Hall–Kier alpha value is -0.710. The zero-order chi connectivity index (χ0) is 12.8. The maximum atomic E-state index is 4.10. The molecule has 0 aliphatic carbocycles. The summed E-state index contributed by atoms with van der Waals surface area (Å²) in [4.78, 5) is 4.10. The quantitative estimate of drug-likeness (QED) is 0.807. The summed E-state index contributed by atoms with van der Waals surface area (Å²) in [6.07, 6.45) is 4.72. The molecule has 0 atom stereocenters. The van der Waals surface area contributed by atoms with Crippen molar-refractivity contribution in [2.24, 2.45) is 0 Å². The summed E-state index contributed by atoms with van der Waals surface area (Å²) in [7, 11) is 0. The lowest BCUT2D eigenvalue weighted by Gasteiger charge is -2.06. The van der Waals surface area contributed by atoms with Gasteiger partial charge in [-0.15, -0.1) is 0 Å². The van der Waals surface area contributed by atoms with Crippen molar-refractivity contribution < 1.29 is 0 Å². The van der Waals surface area contributed by atoms with Crippen LogP contribution >= 0.6 is 31.9 Å². The second-order valence-electron chi connectivity index (χ2n) is 4.04. The molecule has 0 bridgehead atoms. The average molecular weight is 370 g/mol. The molecule has 0 fully saturated rings. The molecule has 0 aliphatic rings. The fourth-order valence-electron chi connectivity index (χ4n) is 1.66. The van der Waals surface area contributed by atoms with Crippen LogP contribution in [0, 0.1) is 0 Å². The van der Waals surface area contributed by atoms with Gasteiger partial charge in [0.2, 0.25) is 0 Å². The predicted octanol–water partition coefficient (Wildman–Crippen LogP) is 3.94. The first-order chi connectivity index (χ1) is 8.75. The Morgan fingerprint density at radius 1 is 1.06 bits per heavy atom. The van der Waals surface area contributed by atoms with Crippen LogP contribution in [0.2, 0.25) is 0 Å². The van der Waals surface area contributed by atoms with E-state index < -0.39 is 0 Å². The van der Waals surface area contributed by atoms with Crippen LogP contribution in [-0.4, -0.2) is 11.5 Å². The third kappa shape index (κ3) is 4.19. The van der Waals surface area contributed by atoms with Crippen LogP contribution in [0.4, 0.5) is 0 Å². The van der Waals surface area contributed by atoms with E-state index in [9.17, 15) is 0 Å². The molecule has 2 nitrogen and oxygen atoms in total. The lowest BCUT2D eigenvalue weighted by molar-refractivity contribution is 0.685. The lowest BCUT2D eigenvalue weighted by Crippen LogP contribution is -2.16. The maximum absolute atomic E-state index is 4.10. The maximum Gasteiger partial charge on any atom is 0.0320 e. The third-order valence-corrected chi connectivity index (χ3v) is 4.51. The van der Waals surface area contributed by atoms with Crippen molar-refractivity contribution in [3.8, 4) is 0 Å². The molecule has 0 saturated heterocycles. The summed E-state index contributed by atoms with van der Waals surface area (Å²) in [5.74, 6) is 0. The topological polar surface area (TPSA) is 24.9 Å².